The Morgan fingerprint density at radius 3 is 2.52 bits per heavy atom. The minimum Gasteiger partial charge on any atom is -0.467 e. The summed E-state index contributed by atoms with van der Waals surface area (Å²) in [6.07, 6.45) is 1.61. The van der Waals surface area contributed by atoms with Crippen molar-refractivity contribution in [2.75, 3.05) is 11.1 Å². The first-order valence-electron chi connectivity index (χ1n) is 9.09. The van der Waals surface area contributed by atoms with Gasteiger partial charge in [-0.15, -0.1) is 10.2 Å². The Morgan fingerprint density at radius 2 is 1.81 bits per heavy atom. The predicted octanol–water partition coefficient (Wildman–Crippen LogP) is 6.28. The summed E-state index contributed by atoms with van der Waals surface area (Å²) >= 11 is 19.3. The number of carbonyl (C=O) groups is 1. The lowest BCUT2D eigenvalue weighted by Gasteiger charge is -2.10. The van der Waals surface area contributed by atoms with E-state index in [1.54, 1.807) is 36.6 Å². The highest BCUT2D eigenvalue weighted by Crippen LogP contribution is 2.28. The molecule has 0 spiro atoms. The maximum Gasteiger partial charge on any atom is 0.234 e. The summed E-state index contributed by atoms with van der Waals surface area (Å²) < 4.78 is 7.39. The number of furan rings is 1. The number of thioether (sulfide) groups is 1. The zero-order chi connectivity index (χ0) is 21.8. The lowest BCUT2D eigenvalue weighted by Crippen LogP contribution is -2.15. The minimum atomic E-state index is -0.227. The molecule has 0 saturated carbocycles. The number of rotatable bonds is 7. The summed E-state index contributed by atoms with van der Waals surface area (Å²) in [6.45, 7) is 0.422. The van der Waals surface area contributed by atoms with Crippen molar-refractivity contribution in [1.29, 1.82) is 0 Å². The second-order valence-electron chi connectivity index (χ2n) is 6.44. The summed E-state index contributed by atoms with van der Waals surface area (Å²) in [5.74, 6) is 1.29. The summed E-state index contributed by atoms with van der Waals surface area (Å²) in [5.41, 5.74) is 1.35. The number of aromatic nitrogens is 3. The lowest BCUT2D eigenvalue weighted by atomic mass is 10.2. The first-order chi connectivity index (χ1) is 15.0. The Labute approximate surface area is 197 Å². The molecule has 2 aromatic carbocycles. The standard InChI is InChI=1S/C21H15Cl3N4O2S/c22-14-5-3-13(4-6-14)20-26-27-21(28(20)11-16-2-1-9-30-16)31-12-19(29)25-18-8-7-15(23)10-17(18)24/h1-10H,11-12H2,(H,25,29). The highest BCUT2D eigenvalue weighted by atomic mass is 35.5. The van der Waals surface area contributed by atoms with Crippen molar-refractivity contribution in [2.24, 2.45) is 0 Å². The lowest BCUT2D eigenvalue weighted by molar-refractivity contribution is -0.113. The Hall–Kier alpha value is -2.45. The van der Waals surface area contributed by atoms with Gasteiger partial charge in [-0.2, -0.15) is 0 Å². The van der Waals surface area contributed by atoms with Gasteiger partial charge in [0, 0.05) is 15.6 Å². The Bertz CT molecular complexity index is 1190. The summed E-state index contributed by atoms with van der Waals surface area (Å²) in [5, 5.41) is 13.5. The number of carbonyl (C=O) groups excluding carboxylic acids is 1. The van der Waals surface area contributed by atoms with E-state index in [2.05, 4.69) is 15.5 Å². The maximum atomic E-state index is 12.5. The summed E-state index contributed by atoms with van der Waals surface area (Å²) in [4.78, 5) is 12.5. The summed E-state index contributed by atoms with van der Waals surface area (Å²) in [6, 6.07) is 15.9. The molecule has 0 atom stereocenters. The SMILES string of the molecule is O=C(CSc1nnc(-c2ccc(Cl)cc2)n1Cc1ccco1)Nc1ccc(Cl)cc1Cl. The third-order valence-electron chi connectivity index (χ3n) is 4.25. The number of hydrogen-bond donors (Lipinski definition) is 1. The normalized spacial score (nSPS) is 10.9. The molecule has 2 aromatic heterocycles. The van der Waals surface area contributed by atoms with Gasteiger partial charge in [-0.1, -0.05) is 46.6 Å². The molecule has 0 bridgehead atoms. The van der Waals surface area contributed by atoms with Crippen LogP contribution in [-0.4, -0.2) is 26.4 Å². The number of benzene rings is 2. The number of nitrogens with one attached hydrogen (secondary N) is 1. The zero-order valence-electron chi connectivity index (χ0n) is 15.9. The van der Waals surface area contributed by atoms with Crippen LogP contribution in [0.1, 0.15) is 5.76 Å². The number of anilines is 1. The molecule has 0 aliphatic carbocycles. The van der Waals surface area contributed by atoms with Crippen LogP contribution in [0.25, 0.3) is 11.4 Å². The molecular weight excluding hydrogens is 479 g/mol. The van der Waals surface area contributed by atoms with Gasteiger partial charge in [-0.05, 0) is 54.6 Å². The average Bonchev–Trinajstić information content (AvgIpc) is 3.40. The number of halogens is 3. The topological polar surface area (TPSA) is 73.0 Å². The average molecular weight is 494 g/mol. The van der Waals surface area contributed by atoms with Crippen molar-refractivity contribution < 1.29 is 9.21 Å². The van der Waals surface area contributed by atoms with Gasteiger partial charge in [0.15, 0.2) is 11.0 Å². The second kappa shape index (κ2) is 9.78. The van der Waals surface area contributed by atoms with Crippen LogP contribution in [0.2, 0.25) is 15.1 Å². The van der Waals surface area contributed by atoms with Crippen molar-refractivity contribution in [3.63, 3.8) is 0 Å². The van der Waals surface area contributed by atoms with Crippen LogP contribution in [0.3, 0.4) is 0 Å². The van der Waals surface area contributed by atoms with Crippen LogP contribution in [0.4, 0.5) is 5.69 Å². The van der Waals surface area contributed by atoms with Crippen molar-refractivity contribution in [2.45, 2.75) is 11.7 Å². The Kier molecular flexibility index (Phi) is 6.87. The molecule has 158 valence electrons. The molecule has 0 aliphatic rings. The van der Waals surface area contributed by atoms with Crippen molar-refractivity contribution >= 4 is 58.2 Å². The van der Waals surface area contributed by atoms with E-state index in [-0.39, 0.29) is 11.7 Å². The van der Waals surface area contributed by atoms with E-state index in [0.29, 0.717) is 38.3 Å². The van der Waals surface area contributed by atoms with Crippen molar-refractivity contribution in [3.05, 3.63) is 81.7 Å². The van der Waals surface area contributed by atoms with Crippen LogP contribution in [-0.2, 0) is 11.3 Å². The van der Waals surface area contributed by atoms with E-state index in [9.17, 15) is 4.79 Å². The fourth-order valence-corrected chi connectivity index (χ4v) is 4.14. The molecule has 0 aliphatic heterocycles. The molecule has 0 unspecified atom stereocenters. The van der Waals surface area contributed by atoms with Crippen LogP contribution < -0.4 is 5.32 Å². The quantitative estimate of drug-likeness (QED) is 0.307. The second-order valence-corrected chi connectivity index (χ2v) is 8.66. The third-order valence-corrected chi connectivity index (χ3v) is 6.02. The van der Waals surface area contributed by atoms with Crippen LogP contribution in [0.5, 0.6) is 0 Å². The van der Waals surface area contributed by atoms with Gasteiger partial charge in [0.05, 0.1) is 29.3 Å². The van der Waals surface area contributed by atoms with E-state index < -0.39 is 0 Å². The van der Waals surface area contributed by atoms with E-state index >= 15 is 0 Å². The zero-order valence-corrected chi connectivity index (χ0v) is 19.0. The molecule has 2 heterocycles. The number of amides is 1. The van der Waals surface area contributed by atoms with Gasteiger partial charge in [0.25, 0.3) is 0 Å². The van der Waals surface area contributed by atoms with Crippen LogP contribution >= 0.6 is 46.6 Å². The fraction of sp³-hybridized carbons (Fsp3) is 0.0952. The largest absolute Gasteiger partial charge is 0.467 e. The maximum absolute atomic E-state index is 12.5. The monoisotopic (exact) mass is 492 g/mol. The van der Waals surface area contributed by atoms with Gasteiger partial charge in [0.2, 0.25) is 5.91 Å². The Morgan fingerprint density at radius 1 is 1.03 bits per heavy atom. The number of hydrogen-bond acceptors (Lipinski definition) is 5. The van der Waals surface area contributed by atoms with E-state index in [0.717, 1.165) is 11.3 Å². The first kappa shape index (κ1) is 21.8. The van der Waals surface area contributed by atoms with E-state index in [1.165, 1.54) is 11.8 Å². The highest BCUT2D eigenvalue weighted by Gasteiger charge is 2.17. The van der Waals surface area contributed by atoms with Gasteiger partial charge >= 0.3 is 0 Å². The third kappa shape index (κ3) is 5.43. The van der Waals surface area contributed by atoms with Crippen LogP contribution in [0.15, 0.2) is 70.4 Å². The van der Waals surface area contributed by atoms with E-state index in [4.69, 9.17) is 39.2 Å². The molecule has 10 heteroatoms. The molecule has 6 nitrogen and oxygen atoms in total. The predicted molar refractivity (Wildman–Crippen MR) is 124 cm³/mol. The van der Waals surface area contributed by atoms with Gasteiger partial charge < -0.3 is 9.73 Å². The van der Waals surface area contributed by atoms with Crippen LogP contribution in [0, 0.1) is 0 Å². The minimum absolute atomic E-state index is 0.121. The Balaban J connectivity index is 1.53. The molecule has 0 saturated heterocycles. The molecule has 1 N–H and O–H groups in total. The molecule has 1 amide bonds. The molecule has 0 radical (unpaired) electrons. The van der Waals surface area contributed by atoms with Gasteiger partial charge in [-0.25, -0.2) is 0 Å². The molecule has 4 aromatic rings. The molecule has 31 heavy (non-hydrogen) atoms. The number of nitrogens with zero attached hydrogens (tertiary/aromatic N) is 3. The fourth-order valence-electron chi connectivity index (χ4n) is 2.82. The first-order valence-corrected chi connectivity index (χ1v) is 11.2. The van der Waals surface area contributed by atoms with Gasteiger partial charge in [0.1, 0.15) is 5.76 Å². The smallest absolute Gasteiger partial charge is 0.234 e. The van der Waals surface area contributed by atoms with Crippen molar-refractivity contribution in [3.8, 4) is 11.4 Å². The van der Waals surface area contributed by atoms with E-state index in [1.807, 2.05) is 28.8 Å². The van der Waals surface area contributed by atoms with Gasteiger partial charge in [-0.3, -0.25) is 9.36 Å². The van der Waals surface area contributed by atoms with Crippen molar-refractivity contribution in [1.82, 2.24) is 14.8 Å². The molecule has 0 fully saturated rings. The highest BCUT2D eigenvalue weighted by molar-refractivity contribution is 7.99. The summed E-state index contributed by atoms with van der Waals surface area (Å²) in [7, 11) is 0. The molecule has 4 rings (SSSR count). The molecular formula is C21H15Cl3N4O2S.